The minimum Gasteiger partial charge on any atom is -0.397 e. The van der Waals surface area contributed by atoms with Crippen LogP contribution in [-0.2, 0) is 0 Å². The van der Waals surface area contributed by atoms with Crippen LogP contribution < -0.4 is 11.1 Å². The van der Waals surface area contributed by atoms with Gasteiger partial charge in [0.1, 0.15) is 0 Å². The molecular formula is C12H15ClN2OS. The van der Waals surface area contributed by atoms with Crippen molar-refractivity contribution in [3.05, 3.63) is 28.8 Å². The van der Waals surface area contributed by atoms with Gasteiger partial charge in [0.05, 0.1) is 16.3 Å². The van der Waals surface area contributed by atoms with E-state index in [2.05, 4.69) is 11.6 Å². The van der Waals surface area contributed by atoms with Gasteiger partial charge in [-0.2, -0.15) is 11.8 Å². The van der Waals surface area contributed by atoms with E-state index in [1.165, 1.54) is 12.8 Å². The van der Waals surface area contributed by atoms with Crippen LogP contribution in [0.25, 0.3) is 0 Å². The average Bonchev–Trinajstić information content (AvgIpc) is 3.10. The van der Waals surface area contributed by atoms with Gasteiger partial charge in [0.25, 0.3) is 5.91 Å². The predicted molar refractivity (Wildman–Crippen MR) is 73.7 cm³/mol. The summed E-state index contributed by atoms with van der Waals surface area (Å²) < 4.78 is 0.253. The molecule has 1 amide bonds. The number of carbonyl (C=O) groups excluding carboxylic acids is 1. The summed E-state index contributed by atoms with van der Waals surface area (Å²) in [5, 5.41) is 3.34. The van der Waals surface area contributed by atoms with Gasteiger partial charge < -0.3 is 11.1 Å². The molecule has 1 fully saturated rings. The van der Waals surface area contributed by atoms with Crippen LogP contribution >= 0.6 is 23.4 Å². The van der Waals surface area contributed by atoms with E-state index in [-0.39, 0.29) is 10.7 Å². The van der Waals surface area contributed by atoms with Crippen molar-refractivity contribution < 1.29 is 4.79 Å². The van der Waals surface area contributed by atoms with Crippen LogP contribution in [0.4, 0.5) is 5.69 Å². The van der Waals surface area contributed by atoms with Gasteiger partial charge in [-0.15, -0.1) is 0 Å². The summed E-state index contributed by atoms with van der Waals surface area (Å²) in [5.41, 5.74) is 6.57. The van der Waals surface area contributed by atoms with Crippen LogP contribution in [0.1, 0.15) is 23.2 Å². The first-order valence-corrected chi connectivity index (χ1v) is 7.06. The third kappa shape index (κ3) is 2.69. The monoisotopic (exact) mass is 270 g/mol. The fourth-order valence-electron chi connectivity index (χ4n) is 1.66. The van der Waals surface area contributed by atoms with E-state index in [0.717, 1.165) is 0 Å². The van der Waals surface area contributed by atoms with Gasteiger partial charge in [0.15, 0.2) is 0 Å². The summed E-state index contributed by atoms with van der Waals surface area (Å²) in [6, 6.07) is 5.10. The molecule has 1 saturated carbocycles. The Morgan fingerprint density at radius 2 is 2.29 bits per heavy atom. The smallest absolute Gasteiger partial charge is 0.253 e. The maximum absolute atomic E-state index is 11.9. The van der Waals surface area contributed by atoms with E-state index in [1.54, 1.807) is 18.2 Å². The number of nitrogens with one attached hydrogen (secondary N) is 1. The highest BCUT2D eigenvalue weighted by Gasteiger charge is 2.42. The van der Waals surface area contributed by atoms with Crippen molar-refractivity contribution in [2.75, 3.05) is 18.5 Å². The topological polar surface area (TPSA) is 55.1 Å². The summed E-state index contributed by atoms with van der Waals surface area (Å²) >= 11 is 7.69. The molecule has 1 aliphatic rings. The van der Waals surface area contributed by atoms with Gasteiger partial charge in [-0.1, -0.05) is 17.7 Å². The number of hydrogen-bond donors (Lipinski definition) is 2. The van der Waals surface area contributed by atoms with E-state index < -0.39 is 0 Å². The van der Waals surface area contributed by atoms with E-state index in [1.807, 2.05) is 11.8 Å². The molecule has 2 rings (SSSR count). The minimum atomic E-state index is -0.148. The molecule has 0 radical (unpaired) electrons. The molecule has 0 bridgehead atoms. The molecule has 1 aromatic rings. The number of para-hydroxylation sites is 1. The van der Waals surface area contributed by atoms with Crippen molar-refractivity contribution in [2.45, 2.75) is 17.6 Å². The summed E-state index contributed by atoms with van der Waals surface area (Å²) in [6.45, 7) is 0.693. The Hall–Kier alpha value is -0.870. The number of anilines is 1. The molecule has 17 heavy (non-hydrogen) atoms. The number of benzene rings is 1. The second-order valence-electron chi connectivity index (χ2n) is 4.27. The lowest BCUT2D eigenvalue weighted by Crippen LogP contribution is -2.32. The molecule has 5 heteroatoms. The molecule has 0 spiro atoms. The highest BCUT2D eigenvalue weighted by molar-refractivity contribution is 8.00. The number of carbonyl (C=O) groups is 1. The Bertz CT molecular complexity index is 446. The predicted octanol–water partition coefficient (Wildman–Crippen LogP) is 2.55. The molecule has 0 aromatic heterocycles. The summed E-state index contributed by atoms with van der Waals surface area (Å²) in [4.78, 5) is 11.9. The largest absolute Gasteiger partial charge is 0.397 e. The van der Waals surface area contributed by atoms with Crippen LogP contribution in [0.2, 0.25) is 5.02 Å². The number of amides is 1. The second kappa shape index (κ2) is 4.78. The molecule has 0 atom stereocenters. The molecule has 0 saturated heterocycles. The number of halogens is 1. The Kier molecular flexibility index (Phi) is 3.54. The second-order valence-corrected chi connectivity index (χ2v) is 5.95. The van der Waals surface area contributed by atoms with E-state index >= 15 is 0 Å². The molecule has 3 N–H and O–H groups in total. The lowest BCUT2D eigenvalue weighted by molar-refractivity contribution is 0.0954. The number of thioether (sulfide) groups is 1. The zero-order valence-corrected chi connectivity index (χ0v) is 11.2. The summed E-state index contributed by atoms with van der Waals surface area (Å²) in [6.07, 6.45) is 4.41. The van der Waals surface area contributed by atoms with Gasteiger partial charge in [-0.05, 0) is 31.2 Å². The third-order valence-corrected chi connectivity index (χ3v) is 4.86. The zero-order chi connectivity index (χ0) is 12.5. The van der Waals surface area contributed by atoms with Gasteiger partial charge in [-0.3, -0.25) is 4.79 Å². The van der Waals surface area contributed by atoms with Crippen molar-refractivity contribution in [3.8, 4) is 0 Å². The molecule has 0 unspecified atom stereocenters. The Morgan fingerprint density at radius 1 is 1.59 bits per heavy atom. The fraction of sp³-hybridized carbons (Fsp3) is 0.417. The Labute approximate surface area is 110 Å². The van der Waals surface area contributed by atoms with E-state index in [4.69, 9.17) is 17.3 Å². The van der Waals surface area contributed by atoms with Crippen LogP contribution in [0, 0.1) is 0 Å². The Balaban J connectivity index is 2.02. The van der Waals surface area contributed by atoms with Gasteiger partial charge in [0, 0.05) is 11.3 Å². The lowest BCUT2D eigenvalue weighted by atomic mass is 10.1. The van der Waals surface area contributed by atoms with Crippen molar-refractivity contribution in [1.29, 1.82) is 0 Å². The van der Waals surface area contributed by atoms with Crippen molar-refractivity contribution in [2.24, 2.45) is 0 Å². The highest BCUT2D eigenvalue weighted by atomic mass is 35.5. The van der Waals surface area contributed by atoms with Gasteiger partial charge in [-0.25, -0.2) is 0 Å². The minimum absolute atomic E-state index is 0.148. The maximum atomic E-state index is 11.9. The fourth-order valence-corrected chi connectivity index (χ4v) is 2.57. The number of nitrogen functional groups attached to an aromatic ring is 1. The molecule has 1 aromatic carbocycles. The zero-order valence-electron chi connectivity index (χ0n) is 9.63. The van der Waals surface area contributed by atoms with Crippen molar-refractivity contribution in [1.82, 2.24) is 5.32 Å². The number of hydrogen-bond acceptors (Lipinski definition) is 3. The highest BCUT2D eigenvalue weighted by Crippen LogP contribution is 2.46. The van der Waals surface area contributed by atoms with Crippen LogP contribution in [0.5, 0.6) is 0 Å². The van der Waals surface area contributed by atoms with Crippen LogP contribution in [0.15, 0.2) is 18.2 Å². The average molecular weight is 271 g/mol. The summed E-state index contributed by atoms with van der Waals surface area (Å²) in [7, 11) is 0. The van der Waals surface area contributed by atoms with Gasteiger partial charge in [0.2, 0.25) is 0 Å². The van der Waals surface area contributed by atoms with Crippen molar-refractivity contribution in [3.63, 3.8) is 0 Å². The normalized spacial score (nSPS) is 16.6. The molecule has 3 nitrogen and oxygen atoms in total. The number of rotatable bonds is 4. The maximum Gasteiger partial charge on any atom is 0.253 e. The first-order valence-electron chi connectivity index (χ1n) is 5.45. The van der Waals surface area contributed by atoms with E-state index in [9.17, 15) is 4.79 Å². The molecule has 92 valence electrons. The molecule has 0 aliphatic heterocycles. The standard InChI is InChI=1S/C12H15ClN2OS/c1-17-12(5-6-12)7-15-11(16)8-3-2-4-9(13)10(8)14/h2-4H,5-7,14H2,1H3,(H,15,16). The SMILES string of the molecule is CSC1(CNC(=O)c2cccc(Cl)c2N)CC1. The van der Waals surface area contributed by atoms with Crippen LogP contribution in [0.3, 0.4) is 0 Å². The Morgan fingerprint density at radius 3 is 2.88 bits per heavy atom. The number of nitrogens with two attached hydrogens (primary N) is 1. The lowest BCUT2D eigenvalue weighted by Gasteiger charge is -2.14. The molecule has 0 heterocycles. The first-order chi connectivity index (χ1) is 8.08. The van der Waals surface area contributed by atoms with Crippen LogP contribution in [-0.4, -0.2) is 23.5 Å². The summed E-state index contributed by atoms with van der Waals surface area (Å²) in [5.74, 6) is -0.148. The molecular weight excluding hydrogens is 256 g/mol. The van der Waals surface area contributed by atoms with E-state index in [0.29, 0.717) is 22.8 Å². The quantitative estimate of drug-likeness (QED) is 0.827. The van der Waals surface area contributed by atoms with Gasteiger partial charge >= 0.3 is 0 Å². The first kappa shape index (κ1) is 12.6. The molecule has 1 aliphatic carbocycles. The third-order valence-electron chi connectivity index (χ3n) is 3.11. The van der Waals surface area contributed by atoms with Crippen molar-refractivity contribution >= 4 is 35.0 Å².